The number of hydrogen-bond acceptors (Lipinski definition) is 5. The van der Waals surface area contributed by atoms with Crippen molar-refractivity contribution < 1.29 is 53.0 Å². The second-order valence-corrected chi connectivity index (χ2v) is 44.8. The van der Waals surface area contributed by atoms with Crippen molar-refractivity contribution in [2.24, 2.45) is 0 Å². The van der Waals surface area contributed by atoms with Crippen LogP contribution in [0.4, 0.5) is 0 Å². The molecular formula is C43H91O7PReSi3-2. The minimum atomic E-state index is -2.35. The SMILES string of the molecule is CC(C)(C)[Si](O)(C(C)(C)C)C(C)(C)C.CC(C)(C)[Si](O[C-]=O)(C(C)(C)C)C(C)(C)C.CC(C)(C)[Si](O[C-]=O)(C(C)(C)C)C(C)(C)C.CP(C)C.[C-]#[O+].[C-]#[O+].[Re]. The van der Waals surface area contributed by atoms with Gasteiger partial charge in [-0.15, -0.1) is 7.92 Å². The maximum atomic E-state index is 11.2. The van der Waals surface area contributed by atoms with E-state index in [1.54, 1.807) is 12.9 Å². The van der Waals surface area contributed by atoms with E-state index in [-0.39, 0.29) is 65.8 Å². The summed E-state index contributed by atoms with van der Waals surface area (Å²) in [7, 11) is -6.62. The topological polar surface area (TPSA) is 113 Å². The van der Waals surface area contributed by atoms with E-state index in [1.165, 1.54) is 0 Å². The van der Waals surface area contributed by atoms with Gasteiger partial charge in [-0.2, -0.15) is 0 Å². The molecule has 7 nitrogen and oxygen atoms in total. The molecule has 0 heterocycles. The fourth-order valence-electron chi connectivity index (χ4n) is 11.2. The van der Waals surface area contributed by atoms with Gasteiger partial charge in [-0.05, 0) is 65.3 Å². The van der Waals surface area contributed by atoms with E-state index in [0.717, 1.165) is 0 Å². The first-order valence-corrected chi connectivity index (χ1v) is 27.4. The van der Waals surface area contributed by atoms with Crippen molar-refractivity contribution >= 4 is 45.8 Å². The smallest absolute Gasteiger partial charge is 0 e. The van der Waals surface area contributed by atoms with Crippen LogP contribution in [0.5, 0.6) is 0 Å². The molecule has 0 saturated carbocycles. The Kier molecular flexibility index (Phi) is 30.9. The summed E-state index contributed by atoms with van der Waals surface area (Å²) in [4.78, 5) is 32.9. The molecule has 0 fully saturated rings. The molecule has 0 saturated heterocycles. The third kappa shape index (κ3) is 18.5. The van der Waals surface area contributed by atoms with Gasteiger partial charge in [0.05, 0.1) is 0 Å². The number of hydrogen-bond donors (Lipinski definition) is 1. The van der Waals surface area contributed by atoms with Crippen LogP contribution >= 0.6 is 7.92 Å². The van der Waals surface area contributed by atoms with Gasteiger partial charge in [0.2, 0.25) is 25.0 Å². The maximum absolute atomic E-state index is 11.2. The Morgan fingerprint density at radius 3 is 0.527 bits per heavy atom. The van der Waals surface area contributed by atoms with Crippen molar-refractivity contribution in [3.63, 3.8) is 0 Å². The molecule has 0 amide bonds. The summed E-state index contributed by atoms with van der Waals surface area (Å²) < 4.78 is 26.3. The summed E-state index contributed by atoms with van der Waals surface area (Å²) >= 11 is 0. The molecule has 55 heavy (non-hydrogen) atoms. The standard InChI is InChI=1S/2C13H27O2Si.C12H28OSi.C3H9P.2CO.Re/c2*1-11(2,3)16(15-10-14,12(4,5)6)13(7,8)9;1-10(2,3)14(13,11(4,5)6)12(7,8)9;1-4(2)3;2*1-2;/h2*1-9H3;13H,1-9H3;1-3H3;;;/q2*-1;;;;;. The molecule has 0 rings (SSSR count). The van der Waals surface area contributed by atoms with Crippen LogP contribution in [0, 0.1) is 13.3 Å². The molecule has 1 radical (unpaired) electrons. The summed E-state index contributed by atoms with van der Waals surface area (Å²) in [5, 5.41) is -0.0258. The maximum Gasteiger partial charge on any atom is 0 e. The van der Waals surface area contributed by atoms with Gasteiger partial charge in [-0.1, -0.05) is 200 Å². The second kappa shape index (κ2) is 24.4. The van der Waals surface area contributed by atoms with Crippen LogP contribution in [-0.2, 0) is 48.2 Å². The van der Waals surface area contributed by atoms with E-state index in [0.29, 0.717) is 7.92 Å². The molecule has 0 spiro atoms. The molecule has 0 aromatic rings. The van der Waals surface area contributed by atoms with Gasteiger partial charge in [0.25, 0.3) is 0 Å². The quantitative estimate of drug-likeness (QED) is 0.130. The minimum absolute atomic E-state index is 0. The third-order valence-corrected chi connectivity index (χ3v) is 29.9. The molecule has 0 bridgehead atoms. The van der Waals surface area contributed by atoms with E-state index in [4.69, 9.17) is 18.2 Å². The largest absolute Gasteiger partial charge is 0 e. The van der Waals surface area contributed by atoms with Crippen LogP contribution in [0.25, 0.3) is 0 Å². The van der Waals surface area contributed by atoms with Gasteiger partial charge >= 0.3 is 22.6 Å². The predicted molar refractivity (Wildman–Crippen MR) is 243 cm³/mol. The van der Waals surface area contributed by atoms with Gasteiger partial charge in [-0.25, -0.2) is 0 Å². The first-order chi connectivity index (χ1) is 23.1. The summed E-state index contributed by atoms with van der Waals surface area (Å²) in [6.07, 6.45) is 0. The zero-order valence-electron chi connectivity index (χ0n) is 41.7. The Balaban J connectivity index is -0.000000114. The van der Waals surface area contributed by atoms with Crippen molar-refractivity contribution in [2.75, 3.05) is 20.0 Å². The molecule has 12 heteroatoms. The zero-order chi connectivity index (χ0) is 46.4. The summed E-state index contributed by atoms with van der Waals surface area (Å²) in [5.41, 5.74) is 0. The van der Waals surface area contributed by atoms with Gasteiger partial charge < -0.3 is 23.2 Å². The van der Waals surface area contributed by atoms with Crippen LogP contribution in [-0.4, -0.2) is 62.7 Å². The first kappa shape index (κ1) is 69.7. The van der Waals surface area contributed by atoms with Crippen LogP contribution in [0.2, 0.25) is 45.3 Å². The Morgan fingerprint density at radius 1 is 0.400 bits per heavy atom. The van der Waals surface area contributed by atoms with E-state index < -0.39 is 25.0 Å². The number of rotatable bonds is 4. The van der Waals surface area contributed by atoms with Crippen LogP contribution in [0.15, 0.2) is 0 Å². The Hall–Kier alpha value is 0.123. The van der Waals surface area contributed by atoms with Gasteiger partial charge in [0.1, 0.15) is 0 Å². The van der Waals surface area contributed by atoms with Crippen molar-refractivity contribution in [1.82, 2.24) is 0 Å². The second-order valence-electron chi connectivity index (χ2n) is 24.0. The molecule has 0 aromatic carbocycles. The van der Waals surface area contributed by atoms with Crippen LogP contribution in [0.1, 0.15) is 187 Å². The van der Waals surface area contributed by atoms with Gasteiger partial charge in [0.15, 0.2) is 0 Å². The fourth-order valence-corrected chi connectivity index (χ4v) is 33.5. The molecule has 0 unspecified atom stereocenters. The van der Waals surface area contributed by atoms with Crippen molar-refractivity contribution in [1.29, 1.82) is 0 Å². The predicted octanol–water partition coefficient (Wildman–Crippen LogP) is 14.4. The number of carbonyl (C=O) groups excluding carboxylic acids is 2. The average Bonchev–Trinajstić information content (AvgIpc) is 2.86. The Bertz CT molecular complexity index is 933. The molecule has 0 aliphatic carbocycles. The molecule has 0 aliphatic heterocycles. The molecule has 0 aliphatic rings. The Labute approximate surface area is 362 Å². The molecule has 0 atom stereocenters. The van der Waals surface area contributed by atoms with Crippen molar-refractivity contribution in [2.45, 2.75) is 232 Å². The van der Waals surface area contributed by atoms with Gasteiger partial charge in [-0.3, -0.25) is 0 Å². The average molecular weight is 1020 g/mol. The summed E-state index contributed by atoms with van der Waals surface area (Å²) in [5.74, 6) is 0. The fraction of sp³-hybridized carbons (Fsp3) is 0.907. The normalized spacial score (nSPS) is 13.4. The molecule has 1 N–H and O–H groups in total. The first-order valence-electron chi connectivity index (χ1n) is 18.9. The van der Waals surface area contributed by atoms with E-state index in [1.807, 2.05) is 0 Å². The molecule has 331 valence electrons. The molecular weight excluding hydrogens is 930 g/mol. The zero-order valence-corrected chi connectivity index (χ0v) is 48.3. The van der Waals surface area contributed by atoms with Crippen molar-refractivity contribution in [3.05, 3.63) is 13.3 Å². The van der Waals surface area contributed by atoms with E-state index >= 15 is 0 Å². The minimum Gasteiger partial charge on any atom is 0 e. The molecule has 0 aromatic heterocycles. The van der Waals surface area contributed by atoms with E-state index in [2.05, 4.69) is 220 Å². The van der Waals surface area contributed by atoms with Crippen LogP contribution in [0.3, 0.4) is 0 Å². The summed E-state index contributed by atoms with van der Waals surface area (Å²) in [6, 6.07) is 0. The monoisotopic (exact) mass is 1020 g/mol. The van der Waals surface area contributed by atoms with Crippen molar-refractivity contribution in [3.8, 4) is 0 Å². The van der Waals surface area contributed by atoms with E-state index in [9.17, 15) is 14.4 Å². The third-order valence-electron chi connectivity index (χ3n) is 9.98. The Morgan fingerprint density at radius 2 is 0.509 bits per heavy atom. The van der Waals surface area contributed by atoms with Gasteiger partial charge in [0, 0.05) is 20.4 Å². The summed E-state index contributed by atoms with van der Waals surface area (Å²) in [6.45, 7) is 77.9. The van der Waals surface area contributed by atoms with Crippen LogP contribution < -0.4 is 0 Å².